The van der Waals surface area contributed by atoms with Crippen molar-refractivity contribution >= 4 is 45.0 Å². The van der Waals surface area contributed by atoms with E-state index in [1.54, 1.807) is 61.2 Å². The van der Waals surface area contributed by atoms with Gasteiger partial charge in [0.15, 0.2) is 6.61 Å². The molecule has 0 aliphatic rings. The Morgan fingerprint density at radius 3 is 2.41 bits per heavy atom. The normalized spacial score (nSPS) is 10.8. The van der Waals surface area contributed by atoms with Gasteiger partial charge in [-0.25, -0.2) is 13.9 Å². The minimum Gasteiger partial charge on any atom is -0.451 e. The van der Waals surface area contributed by atoms with Crippen LogP contribution in [0.3, 0.4) is 0 Å². The molecule has 0 aliphatic carbocycles. The Morgan fingerprint density at radius 1 is 1.09 bits per heavy atom. The molecule has 34 heavy (non-hydrogen) atoms. The SMILES string of the molecule is Cc1nn(-c2ccc(F)cc2)c2sc(C(=O)OCC(=O)Nc3ccc(C(=O)N(C)C)cc3)cc12. The molecule has 0 atom stereocenters. The summed E-state index contributed by atoms with van der Waals surface area (Å²) < 4.78 is 20.1. The lowest BCUT2D eigenvalue weighted by molar-refractivity contribution is -0.119. The van der Waals surface area contributed by atoms with Gasteiger partial charge < -0.3 is 15.0 Å². The quantitative estimate of drug-likeness (QED) is 0.421. The van der Waals surface area contributed by atoms with Crippen molar-refractivity contribution in [1.29, 1.82) is 0 Å². The number of aryl methyl sites for hydroxylation is 1. The van der Waals surface area contributed by atoms with Crippen molar-refractivity contribution in [3.05, 3.63) is 76.5 Å². The van der Waals surface area contributed by atoms with Crippen molar-refractivity contribution in [2.24, 2.45) is 0 Å². The molecule has 0 bridgehead atoms. The van der Waals surface area contributed by atoms with Crippen LogP contribution in [0.25, 0.3) is 15.9 Å². The average Bonchev–Trinajstić information content (AvgIpc) is 3.39. The molecule has 1 N–H and O–H groups in total. The van der Waals surface area contributed by atoms with E-state index in [9.17, 15) is 18.8 Å². The number of nitrogens with one attached hydrogen (secondary N) is 1. The van der Waals surface area contributed by atoms with Gasteiger partial charge in [-0.3, -0.25) is 9.59 Å². The van der Waals surface area contributed by atoms with Crippen molar-refractivity contribution in [3.8, 4) is 5.69 Å². The van der Waals surface area contributed by atoms with Crippen molar-refractivity contribution in [1.82, 2.24) is 14.7 Å². The second-order valence-corrected chi connectivity index (χ2v) is 8.73. The molecule has 2 heterocycles. The topological polar surface area (TPSA) is 93.5 Å². The predicted molar refractivity (Wildman–Crippen MR) is 127 cm³/mol. The molecule has 0 radical (unpaired) electrons. The molecule has 0 aliphatic heterocycles. The van der Waals surface area contributed by atoms with Crippen molar-refractivity contribution in [2.75, 3.05) is 26.0 Å². The van der Waals surface area contributed by atoms with Crippen LogP contribution in [0.4, 0.5) is 10.1 Å². The van der Waals surface area contributed by atoms with E-state index in [2.05, 4.69) is 10.4 Å². The molecular weight excluding hydrogens is 459 g/mol. The number of fused-ring (bicyclic) bond motifs is 1. The van der Waals surface area contributed by atoms with E-state index in [0.29, 0.717) is 32.3 Å². The largest absolute Gasteiger partial charge is 0.451 e. The van der Waals surface area contributed by atoms with Gasteiger partial charge >= 0.3 is 5.97 Å². The number of benzene rings is 2. The summed E-state index contributed by atoms with van der Waals surface area (Å²) >= 11 is 1.18. The first-order chi connectivity index (χ1) is 16.2. The first-order valence-electron chi connectivity index (χ1n) is 10.3. The van der Waals surface area contributed by atoms with Crippen LogP contribution in [0.5, 0.6) is 0 Å². The maximum Gasteiger partial charge on any atom is 0.348 e. The Hall–Kier alpha value is -4.05. The lowest BCUT2D eigenvalue weighted by Gasteiger charge is -2.11. The van der Waals surface area contributed by atoms with Crippen molar-refractivity contribution < 1.29 is 23.5 Å². The standard InChI is InChI=1S/C24H21FN4O4S/c1-14-19-12-20(34-23(19)29(27-14)18-10-6-16(25)7-11-18)24(32)33-13-21(30)26-17-8-4-15(5-9-17)22(31)28(2)3/h4-12H,13H2,1-3H3,(H,26,30). The van der Waals surface area contributed by atoms with E-state index in [4.69, 9.17) is 4.74 Å². The fraction of sp³-hybridized carbons (Fsp3) is 0.167. The molecule has 2 amide bonds. The third-order valence-corrected chi connectivity index (χ3v) is 6.06. The fourth-order valence-corrected chi connectivity index (χ4v) is 4.34. The van der Waals surface area contributed by atoms with Gasteiger partial charge in [0.25, 0.3) is 11.8 Å². The molecule has 0 spiro atoms. The highest BCUT2D eigenvalue weighted by Gasteiger charge is 2.19. The number of hydrogen-bond acceptors (Lipinski definition) is 6. The summed E-state index contributed by atoms with van der Waals surface area (Å²) in [6, 6.07) is 14.0. The molecule has 0 saturated heterocycles. The van der Waals surface area contributed by atoms with Crippen LogP contribution in [0.2, 0.25) is 0 Å². The summed E-state index contributed by atoms with van der Waals surface area (Å²) in [5.41, 5.74) is 2.35. The first kappa shape index (κ1) is 23.1. The van der Waals surface area contributed by atoms with Gasteiger partial charge in [-0.05, 0) is 61.5 Å². The monoisotopic (exact) mass is 480 g/mol. The minimum absolute atomic E-state index is 0.145. The number of anilines is 1. The van der Waals surface area contributed by atoms with Crippen molar-refractivity contribution in [2.45, 2.75) is 6.92 Å². The molecule has 0 unspecified atom stereocenters. The van der Waals surface area contributed by atoms with Crippen LogP contribution in [0.15, 0.2) is 54.6 Å². The Balaban J connectivity index is 1.40. The third-order valence-electron chi connectivity index (χ3n) is 4.97. The molecule has 4 rings (SSSR count). The Labute approximate surface area is 198 Å². The average molecular weight is 481 g/mol. The number of hydrogen-bond donors (Lipinski definition) is 1. The van der Waals surface area contributed by atoms with Crippen molar-refractivity contribution in [3.63, 3.8) is 0 Å². The van der Waals surface area contributed by atoms with E-state index < -0.39 is 18.5 Å². The predicted octanol–water partition coefficient (Wildman–Crippen LogP) is 4.03. The second kappa shape index (κ2) is 9.44. The highest BCUT2D eigenvalue weighted by Crippen LogP contribution is 2.30. The Kier molecular flexibility index (Phi) is 6.42. The maximum atomic E-state index is 13.3. The second-order valence-electron chi connectivity index (χ2n) is 7.70. The number of rotatable bonds is 6. The van der Waals surface area contributed by atoms with Gasteiger partial charge in [0.2, 0.25) is 0 Å². The van der Waals surface area contributed by atoms with E-state index in [1.807, 2.05) is 6.92 Å². The molecule has 0 saturated carbocycles. The summed E-state index contributed by atoms with van der Waals surface area (Å²) in [4.78, 5) is 39.2. The van der Waals surface area contributed by atoms with Crippen LogP contribution in [0, 0.1) is 12.7 Å². The van der Waals surface area contributed by atoms with Crippen LogP contribution in [0.1, 0.15) is 25.7 Å². The molecule has 2 aromatic carbocycles. The number of thiophene rings is 1. The Morgan fingerprint density at radius 2 is 1.76 bits per heavy atom. The minimum atomic E-state index is -0.631. The lowest BCUT2D eigenvalue weighted by atomic mass is 10.2. The van der Waals surface area contributed by atoms with Gasteiger partial charge in [0.05, 0.1) is 11.4 Å². The molecular formula is C24H21FN4O4S. The smallest absolute Gasteiger partial charge is 0.348 e. The summed E-state index contributed by atoms with van der Waals surface area (Å²) in [6.45, 7) is 1.35. The summed E-state index contributed by atoms with van der Waals surface area (Å²) in [6.07, 6.45) is 0. The third kappa shape index (κ3) is 4.81. The number of esters is 1. The summed E-state index contributed by atoms with van der Waals surface area (Å²) in [5, 5.41) is 7.87. The summed E-state index contributed by atoms with van der Waals surface area (Å²) in [7, 11) is 3.31. The zero-order valence-corrected chi connectivity index (χ0v) is 19.5. The Bertz CT molecular complexity index is 1370. The molecule has 8 nitrogen and oxygen atoms in total. The number of halogens is 1. The summed E-state index contributed by atoms with van der Waals surface area (Å²) in [5.74, 6) is -1.63. The molecule has 4 aromatic rings. The zero-order chi connectivity index (χ0) is 24.4. The van der Waals surface area contributed by atoms with Gasteiger partial charge in [-0.15, -0.1) is 11.3 Å². The van der Waals surface area contributed by atoms with Gasteiger partial charge in [-0.2, -0.15) is 5.10 Å². The highest BCUT2D eigenvalue weighted by molar-refractivity contribution is 7.20. The maximum absolute atomic E-state index is 13.3. The number of nitrogens with zero attached hydrogens (tertiary/aromatic N) is 3. The highest BCUT2D eigenvalue weighted by atomic mass is 32.1. The van der Waals surface area contributed by atoms with Gasteiger partial charge in [-0.1, -0.05) is 0 Å². The van der Waals surface area contributed by atoms with Gasteiger partial charge in [0, 0.05) is 30.7 Å². The zero-order valence-electron chi connectivity index (χ0n) is 18.7. The van der Waals surface area contributed by atoms with E-state index in [1.165, 1.54) is 28.4 Å². The fourth-order valence-electron chi connectivity index (χ4n) is 3.26. The lowest BCUT2D eigenvalue weighted by Crippen LogP contribution is -2.22. The molecule has 2 aromatic heterocycles. The van der Waals surface area contributed by atoms with Gasteiger partial charge in [0.1, 0.15) is 15.5 Å². The number of carbonyl (C=O) groups excluding carboxylic acids is 3. The number of amides is 2. The number of aromatic nitrogens is 2. The van der Waals surface area contributed by atoms with Crippen LogP contribution in [-0.2, 0) is 9.53 Å². The van der Waals surface area contributed by atoms with E-state index in [-0.39, 0.29) is 11.7 Å². The molecule has 10 heteroatoms. The number of carbonyl (C=O) groups is 3. The van der Waals surface area contributed by atoms with E-state index in [0.717, 1.165) is 5.39 Å². The molecule has 174 valence electrons. The van der Waals surface area contributed by atoms with Crippen LogP contribution in [-0.4, -0.2) is 53.2 Å². The number of ether oxygens (including phenoxy) is 1. The van der Waals surface area contributed by atoms with Crippen LogP contribution < -0.4 is 5.32 Å². The first-order valence-corrected chi connectivity index (χ1v) is 11.1. The molecule has 0 fully saturated rings. The van der Waals surface area contributed by atoms with Crippen LogP contribution >= 0.6 is 11.3 Å². The van der Waals surface area contributed by atoms with E-state index >= 15 is 0 Å².